The lowest BCUT2D eigenvalue weighted by molar-refractivity contribution is 0.494. The summed E-state index contributed by atoms with van der Waals surface area (Å²) in [5.41, 5.74) is 0. The molecule has 1 aromatic heterocycles. The predicted octanol–water partition coefficient (Wildman–Crippen LogP) is 3.48. The summed E-state index contributed by atoms with van der Waals surface area (Å²) in [6.45, 7) is 6.48. The van der Waals surface area contributed by atoms with E-state index in [1.165, 1.54) is 12.8 Å². The molecule has 0 amide bonds. The number of aliphatic imine (C=N–C) groups is 1. The molecule has 0 atom stereocenters. The van der Waals surface area contributed by atoms with Gasteiger partial charge in [0.25, 0.3) is 0 Å². The van der Waals surface area contributed by atoms with E-state index in [4.69, 9.17) is 23.2 Å². The molecular weight excluding hydrogens is 436 g/mol. The molecule has 0 bridgehead atoms. The molecule has 2 N–H and O–H groups in total. The van der Waals surface area contributed by atoms with Crippen molar-refractivity contribution in [2.75, 3.05) is 38.0 Å². The summed E-state index contributed by atoms with van der Waals surface area (Å²) < 4.78 is 0. The van der Waals surface area contributed by atoms with Crippen LogP contribution in [0.15, 0.2) is 17.3 Å². The van der Waals surface area contributed by atoms with Gasteiger partial charge in [-0.15, -0.1) is 24.0 Å². The van der Waals surface area contributed by atoms with Crippen LogP contribution in [0, 0.1) is 0 Å². The molecule has 0 aromatic carbocycles. The number of hydrogen-bond acceptors (Lipinski definition) is 3. The Balaban J connectivity index is 0.00000242. The van der Waals surface area contributed by atoms with Gasteiger partial charge in [0.15, 0.2) is 5.96 Å². The zero-order chi connectivity index (χ0) is 15.1. The molecule has 5 nitrogen and oxygen atoms in total. The second kappa shape index (κ2) is 10.3. The molecule has 0 aliphatic carbocycles. The van der Waals surface area contributed by atoms with E-state index in [1.54, 1.807) is 12.3 Å². The van der Waals surface area contributed by atoms with Crippen LogP contribution in [0.5, 0.6) is 0 Å². The van der Waals surface area contributed by atoms with E-state index >= 15 is 0 Å². The zero-order valence-electron chi connectivity index (χ0n) is 12.6. The summed E-state index contributed by atoms with van der Waals surface area (Å²) in [5, 5.41) is 7.56. The van der Waals surface area contributed by atoms with Gasteiger partial charge in [0.1, 0.15) is 5.82 Å². The number of rotatable bonds is 5. The number of likely N-dealkylation sites (tertiary alicyclic amines) is 1. The van der Waals surface area contributed by atoms with Crippen molar-refractivity contribution in [3.8, 4) is 0 Å². The summed E-state index contributed by atoms with van der Waals surface area (Å²) >= 11 is 11.9. The van der Waals surface area contributed by atoms with Crippen LogP contribution in [0.1, 0.15) is 19.8 Å². The molecule has 0 radical (unpaired) electrons. The second-order valence-corrected chi connectivity index (χ2v) is 5.68. The van der Waals surface area contributed by atoms with Crippen molar-refractivity contribution in [1.82, 2.24) is 15.2 Å². The molecule has 0 saturated carbocycles. The van der Waals surface area contributed by atoms with Crippen molar-refractivity contribution in [3.63, 3.8) is 0 Å². The molecule has 0 unspecified atom stereocenters. The minimum atomic E-state index is 0. The first-order chi connectivity index (χ1) is 10.2. The van der Waals surface area contributed by atoms with Crippen molar-refractivity contribution in [2.45, 2.75) is 19.8 Å². The molecule has 1 saturated heterocycles. The standard InChI is InChI=1S/C14H21Cl2N5.HI/c1-2-17-14(21-7-3-4-8-21)19-6-5-18-13-12(16)9-11(15)10-20-13;/h9-10H,2-8H2,1H3,(H,17,19)(H,18,20);1H. The molecule has 1 fully saturated rings. The molecule has 8 heteroatoms. The average Bonchev–Trinajstić information content (AvgIpc) is 2.98. The van der Waals surface area contributed by atoms with Crippen molar-refractivity contribution < 1.29 is 0 Å². The fraction of sp³-hybridized carbons (Fsp3) is 0.571. The molecule has 0 spiro atoms. The Kier molecular flexibility index (Phi) is 9.19. The third-order valence-electron chi connectivity index (χ3n) is 3.21. The molecule has 2 heterocycles. The highest BCUT2D eigenvalue weighted by atomic mass is 127. The minimum absolute atomic E-state index is 0. The van der Waals surface area contributed by atoms with Gasteiger partial charge in [-0.2, -0.15) is 0 Å². The number of nitrogens with zero attached hydrogens (tertiary/aromatic N) is 3. The van der Waals surface area contributed by atoms with Gasteiger partial charge < -0.3 is 15.5 Å². The molecule has 1 aromatic rings. The van der Waals surface area contributed by atoms with Crippen LogP contribution >= 0.6 is 47.2 Å². The first-order valence-corrected chi connectivity index (χ1v) is 8.04. The second-order valence-electron chi connectivity index (χ2n) is 4.84. The van der Waals surface area contributed by atoms with E-state index in [-0.39, 0.29) is 24.0 Å². The van der Waals surface area contributed by atoms with Crippen LogP contribution in [-0.2, 0) is 0 Å². The number of hydrogen-bond donors (Lipinski definition) is 2. The van der Waals surface area contributed by atoms with Gasteiger partial charge >= 0.3 is 0 Å². The number of halogens is 3. The number of guanidine groups is 1. The Hall–Kier alpha value is -0.470. The lowest BCUT2D eigenvalue weighted by Crippen LogP contribution is -2.39. The SMILES string of the molecule is CCNC(=NCCNc1ncc(Cl)cc1Cl)N1CCCC1.I. The zero-order valence-corrected chi connectivity index (χ0v) is 16.5. The fourth-order valence-corrected chi connectivity index (χ4v) is 2.68. The van der Waals surface area contributed by atoms with Gasteiger partial charge in [0.2, 0.25) is 0 Å². The smallest absolute Gasteiger partial charge is 0.193 e. The molecular formula is C14H22Cl2IN5. The molecule has 22 heavy (non-hydrogen) atoms. The van der Waals surface area contributed by atoms with Crippen LogP contribution in [0.2, 0.25) is 10.0 Å². The van der Waals surface area contributed by atoms with Gasteiger partial charge in [0.05, 0.1) is 16.6 Å². The third kappa shape index (κ3) is 5.96. The van der Waals surface area contributed by atoms with Gasteiger partial charge in [-0.1, -0.05) is 23.2 Å². The lowest BCUT2D eigenvalue weighted by Gasteiger charge is -2.20. The largest absolute Gasteiger partial charge is 0.367 e. The summed E-state index contributed by atoms with van der Waals surface area (Å²) in [6, 6.07) is 1.68. The Bertz CT molecular complexity index is 492. The quantitative estimate of drug-likeness (QED) is 0.307. The van der Waals surface area contributed by atoms with Crippen LogP contribution in [0.25, 0.3) is 0 Å². The topological polar surface area (TPSA) is 52.6 Å². The molecule has 124 valence electrons. The maximum absolute atomic E-state index is 6.06. The van der Waals surface area contributed by atoms with Crippen molar-refractivity contribution >= 4 is 59.0 Å². The maximum Gasteiger partial charge on any atom is 0.193 e. The van der Waals surface area contributed by atoms with Crippen molar-refractivity contribution in [3.05, 3.63) is 22.3 Å². The van der Waals surface area contributed by atoms with Crippen LogP contribution in [0.3, 0.4) is 0 Å². The molecule has 1 aliphatic heterocycles. The minimum Gasteiger partial charge on any atom is -0.367 e. The normalized spacial score (nSPS) is 14.7. The highest BCUT2D eigenvalue weighted by Gasteiger charge is 2.15. The number of nitrogens with one attached hydrogen (secondary N) is 2. The molecule has 1 aliphatic rings. The van der Waals surface area contributed by atoms with Crippen LogP contribution in [-0.4, -0.2) is 48.6 Å². The molecule has 2 rings (SSSR count). The van der Waals surface area contributed by atoms with Crippen LogP contribution < -0.4 is 10.6 Å². The third-order valence-corrected chi connectivity index (χ3v) is 3.71. The Morgan fingerprint density at radius 3 is 2.73 bits per heavy atom. The van der Waals surface area contributed by atoms with E-state index in [2.05, 4.69) is 32.4 Å². The number of anilines is 1. The maximum atomic E-state index is 6.06. The van der Waals surface area contributed by atoms with E-state index in [0.717, 1.165) is 25.6 Å². The lowest BCUT2D eigenvalue weighted by atomic mass is 10.4. The van der Waals surface area contributed by atoms with Gasteiger partial charge in [0, 0.05) is 32.4 Å². The summed E-state index contributed by atoms with van der Waals surface area (Å²) in [5.74, 6) is 1.63. The highest BCUT2D eigenvalue weighted by molar-refractivity contribution is 14.0. The fourth-order valence-electron chi connectivity index (χ4n) is 2.24. The van der Waals surface area contributed by atoms with E-state index in [9.17, 15) is 0 Å². The first kappa shape index (κ1) is 19.6. The van der Waals surface area contributed by atoms with Crippen molar-refractivity contribution in [1.29, 1.82) is 0 Å². The first-order valence-electron chi connectivity index (χ1n) is 7.29. The summed E-state index contributed by atoms with van der Waals surface area (Å²) in [6.07, 6.45) is 4.06. The Morgan fingerprint density at radius 1 is 1.36 bits per heavy atom. The Morgan fingerprint density at radius 2 is 2.09 bits per heavy atom. The number of pyridine rings is 1. The predicted molar refractivity (Wildman–Crippen MR) is 105 cm³/mol. The summed E-state index contributed by atoms with van der Waals surface area (Å²) in [4.78, 5) is 11.1. The van der Waals surface area contributed by atoms with Gasteiger partial charge in [-0.3, -0.25) is 4.99 Å². The average molecular weight is 458 g/mol. The van der Waals surface area contributed by atoms with E-state index in [1.807, 2.05) is 0 Å². The van der Waals surface area contributed by atoms with E-state index in [0.29, 0.717) is 29.0 Å². The highest BCUT2D eigenvalue weighted by Crippen LogP contribution is 2.22. The van der Waals surface area contributed by atoms with Gasteiger partial charge in [-0.25, -0.2) is 4.98 Å². The van der Waals surface area contributed by atoms with E-state index < -0.39 is 0 Å². The van der Waals surface area contributed by atoms with Crippen molar-refractivity contribution in [2.24, 2.45) is 4.99 Å². The Labute approximate surface area is 158 Å². The van der Waals surface area contributed by atoms with Gasteiger partial charge in [-0.05, 0) is 25.8 Å². The summed E-state index contributed by atoms with van der Waals surface area (Å²) in [7, 11) is 0. The monoisotopic (exact) mass is 457 g/mol. The number of aromatic nitrogens is 1. The van der Waals surface area contributed by atoms with Crippen LogP contribution in [0.4, 0.5) is 5.82 Å².